The van der Waals surface area contributed by atoms with Crippen LogP contribution in [0.4, 0.5) is 5.69 Å². The molecule has 0 bridgehead atoms. The van der Waals surface area contributed by atoms with Crippen molar-refractivity contribution in [3.63, 3.8) is 0 Å². The maximum absolute atomic E-state index is 12.4. The third-order valence-corrected chi connectivity index (χ3v) is 5.43. The number of nitrogens with zero attached hydrogens (tertiary/aromatic N) is 1. The van der Waals surface area contributed by atoms with Crippen LogP contribution in [0, 0.1) is 0 Å². The highest BCUT2D eigenvalue weighted by atomic mass is 32.2. The molecule has 1 amide bonds. The summed E-state index contributed by atoms with van der Waals surface area (Å²) in [5.41, 5.74) is 2.32. The van der Waals surface area contributed by atoms with Crippen molar-refractivity contribution in [1.29, 1.82) is 0 Å². The number of hydrogen-bond donors (Lipinski definition) is 2. The van der Waals surface area contributed by atoms with Crippen LogP contribution >= 0.6 is 11.3 Å². The monoisotopic (exact) mass is 438 g/mol. The normalized spacial score (nSPS) is 12.8. The number of hydrogen-bond acceptors (Lipinski definition) is 7. The molecule has 2 rings (SSSR count). The Morgan fingerprint density at radius 1 is 1.24 bits per heavy atom. The number of benzene rings is 1. The fourth-order valence-electron chi connectivity index (χ4n) is 2.60. The number of carbonyl (C=O) groups excluding carboxylic acids is 2. The van der Waals surface area contributed by atoms with Crippen molar-refractivity contribution in [1.82, 2.24) is 10.3 Å². The van der Waals surface area contributed by atoms with Crippen molar-refractivity contribution in [3.05, 3.63) is 45.9 Å². The lowest BCUT2D eigenvalue weighted by Crippen LogP contribution is -2.30. The molecule has 1 aromatic carbocycles. The van der Waals surface area contributed by atoms with Crippen LogP contribution in [0.3, 0.4) is 0 Å². The SMILES string of the molecule is CCOC(=O)CCC(=O)N[C@@H](Cc1ccc(NS(=O)[O-])cc1)c1nc(CC)cs1. The predicted octanol–water partition coefficient (Wildman–Crippen LogP) is 2.65. The molecule has 29 heavy (non-hydrogen) atoms. The van der Waals surface area contributed by atoms with Crippen molar-refractivity contribution in [2.75, 3.05) is 11.3 Å². The molecule has 2 N–H and O–H groups in total. The second-order valence-electron chi connectivity index (χ2n) is 6.19. The largest absolute Gasteiger partial charge is 0.755 e. The molecule has 158 valence electrons. The summed E-state index contributed by atoms with van der Waals surface area (Å²) in [6.07, 6.45) is 1.35. The van der Waals surface area contributed by atoms with Gasteiger partial charge in [-0.1, -0.05) is 19.1 Å². The van der Waals surface area contributed by atoms with Gasteiger partial charge in [0.15, 0.2) is 0 Å². The molecule has 0 saturated carbocycles. The molecular weight excluding hydrogens is 414 g/mol. The number of esters is 1. The number of thiazole rings is 1. The first-order valence-electron chi connectivity index (χ1n) is 9.25. The average molecular weight is 439 g/mol. The molecule has 2 aromatic rings. The molecule has 0 saturated heterocycles. The number of carbonyl (C=O) groups is 2. The van der Waals surface area contributed by atoms with Gasteiger partial charge in [-0.15, -0.1) is 11.3 Å². The minimum Gasteiger partial charge on any atom is -0.755 e. The molecule has 0 radical (unpaired) electrons. The van der Waals surface area contributed by atoms with Gasteiger partial charge in [-0.05, 0) is 37.5 Å². The molecule has 8 nitrogen and oxygen atoms in total. The fourth-order valence-corrected chi connectivity index (χ4v) is 3.88. The fraction of sp³-hybridized carbons (Fsp3) is 0.421. The second-order valence-corrected chi connectivity index (χ2v) is 7.76. The number of amides is 1. The molecule has 10 heteroatoms. The highest BCUT2D eigenvalue weighted by molar-refractivity contribution is 7.80. The van der Waals surface area contributed by atoms with Gasteiger partial charge in [0, 0.05) is 28.8 Å². The Bertz CT molecular complexity index is 839. The van der Waals surface area contributed by atoms with Gasteiger partial charge in [-0.3, -0.25) is 13.8 Å². The highest BCUT2D eigenvalue weighted by Crippen LogP contribution is 2.24. The molecule has 0 fully saturated rings. The molecule has 1 heterocycles. The summed E-state index contributed by atoms with van der Waals surface area (Å²) < 4.78 is 28.6. The highest BCUT2D eigenvalue weighted by Gasteiger charge is 2.19. The maximum Gasteiger partial charge on any atom is 0.306 e. The van der Waals surface area contributed by atoms with E-state index in [-0.39, 0.29) is 31.4 Å². The first-order chi connectivity index (χ1) is 13.9. The van der Waals surface area contributed by atoms with Gasteiger partial charge in [-0.25, -0.2) is 4.98 Å². The Kier molecular flexibility index (Phi) is 9.23. The summed E-state index contributed by atoms with van der Waals surface area (Å²) in [6.45, 7) is 4.02. The van der Waals surface area contributed by atoms with Gasteiger partial charge in [-0.2, -0.15) is 0 Å². The lowest BCUT2D eigenvalue weighted by Gasteiger charge is -2.17. The van der Waals surface area contributed by atoms with E-state index < -0.39 is 17.2 Å². The minimum absolute atomic E-state index is 0.0250. The van der Waals surface area contributed by atoms with E-state index in [0.29, 0.717) is 12.1 Å². The van der Waals surface area contributed by atoms with E-state index in [0.717, 1.165) is 22.7 Å². The van der Waals surface area contributed by atoms with Crippen molar-refractivity contribution in [2.45, 2.75) is 45.6 Å². The molecule has 0 aliphatic rings. The van der Waals surface area contributed by atoms with E-state index in [1.807, 2.05) is 12.3 Å². The molecule has 1 unspecified atom stereocenters. The maximum atomic E-state index is 12.4. The van der Waals surface area contributed by atoms with Crippen molar-refractivity contribution in [2.24, 2.45) is 0 Å². The number of nitrogens with one attached hydrogen (secondary N) is 2. The van der Waals surface area contributed by atoms with Crippen molar-refractivity contribution in [3.8, 4) is 0 Å². The summed E-state index contributed by atoms with van der Waals surface area (Å²) in [4.78, 5) is 28.4. The standard InChI is InChI=1S/C19H25N3O5S2/c1-3-14-12-28-19(20-14)16(21-17(23)9-10-18(24)27-4-2)11-13-5-7-15(8-6-13)22-29(25)26/h5-8,12,16,22H,3-4,9-11H2,1-2H3,(H,21,23)(H,25,26)/p-1/t16-/m0/s1. The van der Waals surface area contributed by atoms with Crippen LogP contribution in [-0.2, 0) is 38.4 Å². The zero-order valence-electron chi connectivity index (χ0n) is 16.3. The van der Waals surface area contributed by atoms with Crippen molar-refractivity contribution >= 4 is 40.2 Å². The van der Waals surface area contributed by atoms with Gasteiger partial charge in [0.1, 0.15) is 5.01 Å². The van der Waals surface area contributed by atoms with E-state index in [9.17, 15) is 18.4 Å². The third kappa shape index (κ3) is 7.92. The topological polar surface area (TPSA) is 120 Å². The lowest BCUT2D eigenvalue weighted by molar-refractivity contribution is -0.144. The number of rotatable bonds is 11. The summed E-state index contributed by atoms with van der Waals surface area (Å²) in [5, 5.41) is 5.70. The van der Waals surface area contributed by atoms with Gasteiger partial charge in [0.2, 0.25) is 5.91 Å². The van der Waals surface area contributed by atoms with Gasteiger partial charge >= 0.3 is 5.97 Å². The average Bonchev–Trinajstić information content (AvgIpc) is 3.16. The van der Waals surface area contributed by atoms with E-state index in [4.69, 9.17) is 4.74 Å². The van der Waals surface area contributed by atoms with E-state index in [2.05, 4.69) is 15.0 Å². The smallest absolute Gasteiger partial charge is 0.306 e. The van der Waals surface area contributed by atoms with Crippen LogP contribution in [0.2, 0.25) is 0 Å². The zero-order chi connectivity index (χ0) is 21.2. The Morgan fingerprint density at radius 3 is 2.55 bits per heavy atom. The number of aryl methyl sites for hydroxylation is 1. The summed E-state index contributed by atoms with van der Waals surface area (Å²) >= 11 is -0.905. The van der Waals surface area contributed by atoms with Crippen LogP contribution in [-0.4, -0.2) is 32.2 Å². The quantitative estimate of drug-likeness (QED) is 0.411. The first-order valence-corrected chi connectivity index (χ1v) is 11.2. The van der Waals surface area contributed by atoms with Gasteiger partial charge < -0.3 is 19.3 Å². The van der Waals surface area contributed by atoms with E-state index in [1.165, 1.54) is 11.3 Å². The molecule has 0 aliphatic carbocycles. The van der Waals surface area contributed by atoms with Crippen LogP contribution < -0.4 is 10.0 Å². The van der Waals surface area contributed by atoms with Crippen LogP contribution in [0.1, 0.15) is 49.0 Å². The summed E-state index contributed by atoms with van der Waals surface area (Å²) in [5.74, 6) is -0.656. The molecule has 0 aliphatic heterocycles. The zero-order valence-corrected chi connectivity index (χ0v) is 17.9. The Morgan fingerprint density at radius 2 is 1.97 bits per heavy atom. The summed E-state index contributed by atoms with van der Waals surface area (Å²) in [7, 11) is 0. The third-order valence-electron chi connectivity index (χ3n) is 4.02. The second kappa shape index (κ2) is 11.6. The number of anilines is 1. The summed E-state index contributed by atoms with van der Waals surface area (Å²) in [6, 6.07) is 6.55. The molecule has 1 aromatic heterocycles. The molecule has 2 atom stereocenters. The van der Waals surface area contributed by atoms with Crippen LogP contribution in [0.25, 0.3) is 0 Å². The molecular formula is C19H24N3O5S2-. The van der Waals surface area contributed by atoms with Crippen LogP contribution in [0.15, 0.2) is 29.6 Å². The lowest BCUT2D eigenvalue weighted by atomic mass is 10.1. The van der Waals surface area contributed by atoms with Gasteiger partial charge in [0.25, 0.3) is 0 Å². The Labute approximate surface area is 176 Å². The van der Waals surface area contributed by atoms with E-state index >= 15 is 0 Å². The Hall–Kier alpha value is -2.30. The Balaban J connectivity index is 2.07. The number of ether oxygens (including phenoxy) is 1. The predicted molar refractivity (Wildman–Crippen MR) is 111 cm³/mol. The van der Waals surface area contributed by atoms with E-state index in [1.54, 1.807) is 31.2 Å². The van der Waals surface area contributed by atoms with Crippen molar-refractivity contribution < 1.29 is 23.1 Å². The van der Waals surface area contributed by atoms with Gasteiger partial charge in [0.05, 0.1) is 24.8 Å². The van der Waals surface area contributed by atoms with Crippen LogP contribution in [0.5, 0.6) is 0 Å². The minimum atomic E-state index is -2.38. The molecule has 0 spiro atoms. The number of aromatic nitrogens is 1. The first kappa shape index (κ1) is 23.0.